The van der Waals surface area contributed by atoms with Crippen LogP contribution in [0.15, 0.2) is 121 Å². The van der Waals surface area contributed by atoms with Crippen LogP contribution < -0.4 is 22.9 Å². The molecule has 0 fully saturated rings. The van der Waals surface area contributed by atoms with Crippen molar-refractivity contribution in [1.82, 2.24) is 19.9 Å². The first-order valence-electron chi connectivity index (χ1n) is 17.0. The van der Waals surface area contributed by atoms with E-state index in [-0.39, 0.29) is 20.1 Å². The molecule has 10 N–H and O–H groups in total. The predicted molar refractivity (Wildman–Crippen MR) is 218 cm³/mol. The standard InChI is InChI=1S/C44H34N8.Ir/c45-29-9-1-25(2-10-29)41-33-17-19-35(49-33)42(26-3-11-30(46)12-4-26)37-21-23-39(51-37)44(28-7-15-32(48)16-8-28)40-24-22-38(52-40)43(36-20-18-34(41)50-36)27-5-13-31(47)14-6-27;/h1-24,49,52H,45-48H2;. The molecule has 0 saturated carbocycles. The Hall–Kier alpha value is -6.67. The normalized spacial score (nSPS) is 11.8. The van der Waals surface area contributed by atoms with Crippen molar-refractivity contribution in [1.29, 1.82) is 0 Å². The molecule has 53 heavy (non-hydrogen) atoms. The minimum absolute atomic E-state index is 0. The molecule has 0 spiro atoms. The summed E-state index contributed by atoms with van der Waals surface area (Å²) in [5.41, 5.74) is 41.9. The van der Waals surface area contributed by atoms with E-state index in [1.807, 2.05) is 97.1 Å². The smallest absolute Gasteiger partial charge is 0.0737 e. The van der Waals surface area contributed by atoms with E-state index >= 15 is 0 Å². The number of nitrogens with one attached hydrogen (secondary N) is 2. The molecule has 4 aromatic carbocycles. The number of nitrogens with zero attached hydrogens (tertiary/aromatic N) is 2. The number of H-pyrrole nitrogens is 2. The predicted octanol–water partition coefficient (Wildman–Crippen LogP) is 9.65. The van der Waals surface area contributed by atoms with Crippen molar-refractivity contribution in [3.05, 3.63) is 144 Å². The number of anilines is 4. The molecule has 7 aromatic rings. The van der Waals surface area contributed by atoms with Gasteiger partial charge in [-0.15, -0.1) is 0 Å². The average Bonchev–Trinajstić information content (AvgIpc) is 3.99. The summed E-state index contributed by atoms with van der Waals surface area (Å²) in [7, 11) is 0. The molecule has 2 aliphatic heterocycles. The van der Waals surface area contributed by atoms with Crippen LogP contribution in [0.1, 0.15) is 22.8 Å². The fourth-order valence-electron chi connectivity index (χ4n) is 7.02. The molecule has 3 aromatic heterocycles. The molecule has 9 rings (SSSR count). The zero-order chi connectivity index (χ0) is 35.3. The van der Waals surface area contributed by atoms with E-state index in [2.05, 4.69) is 58.5 Å². The number of aromatic nitrogens is 4. The van der Waals surface area contributed by atoms with Gasteiger partial charge in [-0.25, -0.2) is 9.97 Å². The summed E-state index contributed by atoms with van der Waals surface area (Å²) in [6.45, 7) is 0. The number of hydrogen-bond acceptors (Lipinski definition) is 6. The number of nitrogens with two attached hydrogens (primary N) is 4. The minimum atomic E-state index is 0. The van der Waals surface area contributed by atoms with E-state index in [0.29, 0.717) is 22.7 Å². The molecule has 259 valence electrons. The molecule has 0 aliphatic carbocycles. The van der Waals surface area contributed by atoms with Gasteiger partial charge < -0.3 is 32.9 Å². The Morgan fingerprint density at radius 3 is 0.717 bits per heavy atom. The second-order valence-corrected chi connectivity index (χ2v) is 13.0. The van der Waals surface area contributed by atoms with Crippen LogP contribution in [0.2, 0.25) is 0 Å². The molecular weight excluding hydrogens is 833 g/mol. The quantitative estimate of drug-likeness (QED) is 0.0966. The summed E-state index contributed by atoms with van der Waals surface area (Å²) in [6.07, 6.45) is 8.29. The molecule has 0 atom stereocenters. The van der Waals surface area contributed by atoms with Gasteiger partial charge in [-0.1, -0.05) is 48.5 Å². The van der Waals surface area contributed by atoms with Gasteiger partial charge in [0.15, 0.2) is 0 Å². The topological polar surface area (TPSA) is 161 Å². The van der Waals surface area contributed by atoms with Crippen LogP contribution in [-0.4, -0.2) is 19.9 Å². The number of nitrogen functional groups attached to an aromatic ring is 4. The van der Waals surface area contributed by atoms with Crippen molar-refractivity contribution in [2.24, 2.45) is 0 Å². The van der Waals surface area contributed by atoms with Crippen molar-refractivity contribution in [2.75, 3.05) is 22.9 Å². The zero-order valence-electron chi connectivity index (χ0n) is 28.4. The van der Waals surface area contributed by atoms with E-state index in [1.54, 1.807) is 0 Å². The second-order valence-electron chi connectivity index (χ2n) is 13.0. The number of aromatic amines is 2. The van der Waals surface area contributed by atoms with Gasteiger partial charge in [0.1, 0.15) is 0 Å². The van der Waals surface area contributed by atoms with E-state index in [1.165, 1.54) is 0 Å². The summed E-state index contributed by atoms with van der Waals surface area (Å²) in [5.74, 6) is 0. The molecule has 5 heterocycles. The average molecular weight is 867 g/mol. The molecular formula is C44H34IrN8. The van der Waals surface area contributed by atoms with Gasteiger partial charge in [0, 0.05) is 87.2 Å². The molecule has 0 unspecified atom stereocenters. The first-order valence-corrected chi connectivity index (χ1v) is 17.0. The van der Waals surface area contributed by atoms with Crippen LogP contribution in [0.5, 0.6) is 0 Å². The molecule has 9 heteroatoms. The third kappa shape index (κ3) is 6.18. The van der Waals surface area contributed by atoms with Crippen LogP contribution in [0.25, 0.3) is 90.9 Å². The second kappa shape index (κ2) is 13.5. The van der Waals surface area contributed by atoms with Gasteiger partial charge in [-0.2, -0.15) is 0 Å². The minimum Gasteiger partial charge on any atom is -0.399 e. The summed E-state index contributed by atoms with van der Waals surface area (Å²) < 4.78 is 0. The van der Waals surface area contributed by atoms with Crippen molar-refractivity contribution in [3.63, 3.8) is 0 Å². The van der Waals surface area contributed by atoms with Gasteiger partial charge in [0.2, 0.25) is 0 Å². The summed E-state index contributed by atoms with van der Waals surface area (Å²) in [6, 6.07) is 40.0. The van der Waals surface area contributed by atoms with Gasteiger partial charge in [-0.3, -0.25) is 0 Å². The van der Waals surface area contributed by atoms with Crippen LogP contribution in [-0.2, 0) is 20.1 Å². The van der Waals surface area contributed by atoms with E-state index in [0.717, 1.165) is 89.4 Å². The Morgan fingerprint density at radius 2 is 0.509 bits per heavy atom. The molecule has 0 saturated heterocycles. The summed E-state index contributed by atoms with van der Waals surface area (Å²) in [5, 5.41) is 0. The van der Waals surface area contributed by atoms with Crippen molar-refractivity contribution >= 4 is 69.1 Å². The number of hydrogen-bond donors (Lipinski definition) is 6. The SMILES string of the molecule is Nc1ccc(-c2c3nc(c(-c4ccc(N)cc4)c4ccc([nH]4)c(-c4ccc(N)cc4)c4nc(c(-c5ccc(N)cc5)c5ccc2[nH]5)C=C4)C=C3)cc1.[Ir]. The third-order valence-electron chi connectivity index (χ3n) is 9.55. The van der Waals surface area contributed by atoms with E-state index in [9.17, 15) is 0 Å². The fourth-order valence-corrected chi connectivity index (χ4v) is 7.02. The first-order chi connectivity index (χ1) is 25.4. The molecule has 1 radical (unpaired) electrons. The number of benzene rings is 4. The summed E-state index contributed by atoms with van der Waals surface area (Å²) >= 11 is 0. The Morgan fingerprint density at radius 1 is 0.302 bits per heavy atom. The van der Waals surface area contributed by atoms with Crippen molar-refractivity contribution in [2.45, 2.75) is 0 Å². The largest absolute Gasteiger partial charge is 0.399 e. The Balaban J connectivity index is 0.00000400. The molecule has 8 bridgehead atoms. The third-order valence-corrected chi connectivity index (χ3v) is 9.55. The van der Waals surface area contributed by atoms with E-state index in [4.69, 9.17) is 32.9 Å². The molecule has 8 nitrogen and oxygen atoms in total. The van der Waals surface area contributed by atoms with Gasteiger partial charge in [-0.05, 0) is 119 Å². The van der Waals surface area contributed by atoms with Gasteiger partial charge in [0.25, 0.3) is 0 Å². The monoisotopic (exact) mass is 867 g/mol. The Bertz CT molecular complexity index is 2370. The van der Waals surface area contributed by atoms with Crippen LogP contribution >= 0.6 is 0 Å². The fraction of sp³-hybridized carbons (Fsp3) is 0. The van der Waals surface area contributed by atoms with E-state index < -0.39 is 0 Å². The zero-order valence-corrected chi connectivity index (χ0v) is 30.8. The van der Waals surface area contributed by atoms with Crippen molar-refractivity contribution < 1.29 is 20.1 Å². The maximum atomic E-state index is 6.15. The number of rotatable bonds is 4. The maximum Gasteiger partial charge on any atom is 0.0737 e. The maximum absolute atomic E-state index is 6.15. The Labute approximate surface area is 319 Å². The van der Waals surface area contributed by atoms with Gasteiger partial charge in [0.05, 0.1) is 22.8 Å². The van der Waals surface area contributed by atoms with Crippen LogP contribution in [0, 0.1) is 0 Å². The molecule has 0 amide bonds. The number of fused-ring (bicyclic) bond motifs is 8. The van der Waals surface area contributed by atoms with Crippen molar-refractivity contribution in [3.8, 4) is 44.5 Å². The first kappa shape index (κ1) is 33.5. The Kier molecular flexibility index (Phi) is 8.51. The van der Waals surface area contributed by atoms with Gasteiger partial charge >= 0.3 is 0 Å². The molecule has 2 aliphatic rings. The van der Waals surface area contributed by atoms with Crippen LogP contribution in [0.3, 0.4) is 0 Å². The van der Waals surface area contributed by atoms with Crippen LogP contribution in [0.4, 0.5) is 22.7 Å². The summed E-state index contributed by atoms with van der Waals surface area (Å²) in [4.78, 5) is 18.2.